The summed E-state index contributed by atoms with van der Waals surface area (Å²) in [6.07, 6.45) is 11.9. The number of hydrogen-bond donors (Lipinski definition) is 0. The molecule has 0 spiro atoms. The lowest BCUT2D eigenvalue weighted by Crippen LogP contribution is -2.39. The van der Waals surface area contributed by atoms with Gasteiger partial charge in [0.2, 0.25) is 5.41 Å². The van der Waals surface area contributed by atoms with Gasteiger partial charge in [-0.15, -0.1) is 18.1 Å². The zero-order valence-corrected chi connectivity index (χ0v) is 12.0. The van der Waals surface area contributed by atoms with Crippen molar-refractivity contribution in [2.24, 2.45) is 5.41 Å². The van der Waals surface area contributed by atoms with Crippen LogP contribution in [0.4, 0.5) is 0 Å². The molecular weight excluding hydrogens is 256 g/mol. The summed E-state index contributed by atoms with van der Waals surface area (Å²) in [5.74, 6) is 0.912. The van der Waals surface area contributed by atoms with Gasteiger partial charge in [-0.3, -0.25) is 9.59 Å². The predicted octanol–water partition coefficient (Wildman–Crippen LogP) is 2.39. The molecule has 1 saturated carbocycles. The molecule has 0 atom stereocenters. The van der Waals surface area contributed by atoms with E-state index in [1.807, 2.05) is 0 Å². The van der Waals surface area contributed by atoms with Crippen LogP contribution in [-0.4, -0.2) is 26.2 Å². The lowest BCUT2D eigenvalue weighted by molar-refractivity contribution is -0.164. The smallest absolute Gasteiger partial charge is 0.328 e. The van der Waals surface area contributed by atoms with Crippen LogP contribution in [-0.2, 0) is 19.1 Å². The third-order valence-corrected chi connectivity index (χ3v) is 3.46. The van der Waals surface area contributed by atoms with Gasteiger partial charge in [-0.1, -0.05) is 6.42 Å². The fourth-order valence-electron chi connectivity index (χ4n) is 2.27. The maximum Gasteiger partial charge on any atom is 0.328 e. The quantitative estimate of drug-likeness (QED) is 0.342. The van der Waals surface area contributed by atoms with Crippen molar-refractivity contribution in [2.45, 2.75) is 38.5 Å². The van der Waals surface area contributed by atoms with E-state index in [0.29, 0.717) is 0 Å². The zero-order chi connectivity index (χ0) is 15.0. The van der Waals surface area contributed by atoms with Crippen LogP contribution in [0.2, 0.25) is 0 Å². The van der Waals surface area contributed by atoms with Gasteiger partial charge in [0.25, 0.3) is 0 Å². The normalized spacial score (nSPS) is 14.8. The number of hydrogen-bond acceptors (Lipinski definition) is 4. The molecule has 108 valence electrons. The number of ether oxygens (including phenoxy) is 2. The highest BCUT2D eigenvalue weighted by Crippen LogP contribution is 2.29. The summed E-state index contributed by atoms with van der Waals surface area (Å²) in [5.41, 5.74) is 2.58. The molecule has 4 nitrogen and oxygen atoms in total. The van der Waals surface area contributed by atoms with Crippen LogP contribution in [0.5, 0.6) is 0 Å². The van der Waals surface area contributed by atoms with E-state index in [4.69, 9.17) is 15.9 Å². The number of rotatable bonds is 4. The Morgan fingerprint density at radius 1 is 1.20 bits per heavy atom. The molecule has 0 heterocycles. The monoisotopic (exact) mass is 276 g/mol. The van der Waals surface area contributed by atoms with Gasteiger partial charge < -0.3 is 9.47 Å². The topological polar surface area (TPSA) is 52.6 Å². The average molecular weight is 276 g/mol. The Morgan fingerprint density at radius 2 is 1.75 bits per heavy atom. The first kappa shape index (κ1) is 16.1. The number of terminal acetylenes is 1. The van der Waals surface area contributed by atoms with Crippen molar-refractivity contribution in [3.05, 3.63) is 17.4 Å². The highest BCUT2D eigenvalue weighted by Gasteiger charge is 2.46. The van der Waals surface area contributed by atoms with Crippen molar-refractivity contribution in [1.82, 2.24) is 0 Å². The van der Waals surface area contributed by atoms with Gasteiger partial charge in [-0.2, -0.15) is 0 Å². The second-order valence-electron chi connectivity index (χ2n) is 4.79. The highest BCUT2D eigenvalue weighted by molar-refractivity contribution is 6.02. The first-order valence-corrected chi connectivity index (χ1v) is 6.66. The second-order valence-corrected chi connectivity index (χ2v) is 4.79. The molecule has 0 radical (unpaired) electrons. The van der Waals surface area contributed by atoms with Gasteiger partial charge in [0.15, 0.2) is 0 Å². The maximum atomic E-state index is 12.0. The summed E-state index contributed by atoms with van der Waals surface area (Å²) in [5, 5.41) is 0. The van der Waals surface area contributed by atoms with E-state index in [-0.39, 0.29) is 6.42 Å². The third kappa shape index (κ3) is 3.53. The lowest BCUT2D eigenvalue weighted by Gasteiger charge is -2.22. The van der Waals surface area contributed by atoms with Crippen molar-refractivity contribution < 1.29 is 19.1 Å². The van der Waals surface area contributed by atoms with Crippen molar-refractivity contribution in [1.29, 1.82) is 0 Å². The molecule has 1 aliphatic carbocycles. The largest absolute Gasteiger partial charge is 0.468 e. The van der Waals surface area contributed by atoms with Crippen LogP contribution in [0.25, 0.3) is 0 Å². The zero-order valence-electron chi connectivity index (χ0n) is 12.0. The number of esters is 2. The molecule has 1 rings (SSSR count). The van der Waals surface area contributed by atoms with E-state index >= 15 is 0 Å². The molecule has 20 heavy (non-hydrogen) atoms. The SMILES string of the molecule is C#CCC(C=C=C1CCCCC1)(C(=O)OC)C(=O)OC. The van der Waals surface area contributed by atoms with Gasteiger partial charge in [0.1, 0.15) is 0 Å². The fraction of sp³-hybridized carbons (Fsp3) is 0.562. The molecular formula is C16H20O4. The molecule has 0 unspecified atom stereocenters. The van der Waals surface area contributed by atoms with Crippen molar-refractivity contribution in [3.8, 4) is 12.3 Å². The van der Waals surface area contributed by atoms with E-state index in [9.17, 15) is 9.59 Å². The summed E-state index contributed by atoms with van der Waals surface area (Å²) in [7, 11) is 2.44. The van der Waals surface area contributed by atoms with Crippen LogP contribution >= 0.6 is 0 Å². The Hall–Kier alpha value is -1.98. The number of methoxy groups -OCH3 is 2. The maximum absolute atomic E-state index is 12.0. The van der Waals surface area contributed by atoms with Gasteiger partial charge >= 0.3 is 11.9 Å². The minimum Gasteiger partial charge on any atom is -0.468 e. The van der Waals surface area contributed by atoms with E-state index in [1.165, 1.54) is 26.7 Å². The van der Waals surface area contributed by atoms with Gasteiger partial charge in [-0.25, -0.2) is 0 Å². The predicted molar refractivity (Wildman–Crippen MR) is 74.6 cm³/mol. The minimum absolute atomic E-state index is 0.105. The summed E-state index contributed by atoms with van der Waals surface area (Å²) < 4.78 is 9.43. The molecule has 0 aromatic carbocycles. The number of carbonyl (C=O) groups excluding carboxylic acids is 2. The Morgan fingerprint density at radius 3 is 2.20 bits per heavy atom. The molecule has 0 saturated heterocycles. The molecule has 1 fully saturated rings. The van der Waals surface area contributed by atoms with E-state index in [1.54, 1.807) is 0 Å². The number of carbonyl (C=O) groups is 2. The molecule has 0 aromatic heterocycles. The average Bonchev–Trinajstić information content (AvgIpc) is 2.50. The molecule has 0 aliphatic heterocycles. The van der Waals surface area contributed by atoms with Crippen LogP contribution in [0.1, 0.15) is 38.5 Å². The minimum atomic E-state index is -1.59. The van der Waals surface area contributed by atoms with E-state index in [0.717, 1.165) is 31.3 Å². The van der Waals surface area contributed by atoms with Crippen molar-refractivity contribution >= 4 is 11.9 Å². The third-order valence-electron chi connectivity index (χ3n) is 3.46. The summed E-state index contributed by atoms with van der Waals surface area (Å²) in [6, 6.07) is 0. The summed E-state index contributed by atoms with van der Waals surface area (Å²) in [4.78, 5) is 24.0. The van der Waals surface area contributed by atoms with E-state index in [2.05, 4.69) is 11.7 Å². The van der Waals surface area contributed by atoms with Gasteiger partial charge in [-0.05, 0) is 37.3 Å². The summed E-state index contributed by atoms with van der Waals surface area (Å²) >= 11 is 0. The second kappa shape index (κ2) is 7.57. The Kier molecular flexibility index (Phi) is 6.09. The summed E-state index contributed by atoms with van der Waals surface area (Å²) in [6.45, 7) is 0. The Balaban J connectivity index is 3.21. The molecule has 0 amide bonds. The Labute approximate surface area is 119 Å². The van der Waals surface area contributed by atoms with Crippen LogP contribution in [0.3, 0.4) is 0 Å². The van der Waals surface area contributed by atoms with Crippen molar-refractivity contribution in [3.63, 3.8) is 0 Å². The van der Waals surface area contributed by atoms with E-state index < -0.39 is 17.4 Å². The molecule has 0 bridgehead atoms. The molecule has 4 heteroatoms. The van der Waals surface area contributed by atoms with Crippen molar-refractivity contribution in [2.75, 3.05) is 14.2 Å². The van der Waals surface area contributed by atoms with Crippen LogP contribution < -0.4 is 0 Å². The first-order valence-electron chi connectivity index (χ1n) is 6.66. The molecule has 0 N–H and O–H groups in total. The van der Waals surface area contributed by atoms with Gasteiger partial charge in [0, 0.05) is 6.42 Å². The fourth-order valence-corrected chi connectivity index (χ4v) is 2.27. The Bertz CT molecular complexity index is 451. The lowest BCUT2D eigenvalue weighted by atomic mass is 9.83. The highest BCUT2D eigenvalue weighted by atomic mass is 16.5. The van der Waals surface area contributed by atoms with Crippen LogP contribution in [0, 0.1) is 17.8 Å². The molecule has 1 aliphatic rings. The molecule has 0 aromatic rings. The standard InChI is InChI=1S/C16H20O4/c1-4-11-16(14(17)19-2,15(18)20-3)12-10-13-8-6-5-7-9-13/h1,12H,5-9,11H2,2-3H3. The van der Waals surface area contributed by atoms with Crippen LogP contribution in [0.15, 0.2) is 17.4 Å². The van der Waals surface area contributed by atoms with Gasteiger partial charge in [0.05, 0.1) is 14.2 Å². The first-order chi connectivity index (χ1) is 9.60.